The number of carbonyl (C=O) groups excluding carboxylic acids is 1. The number of nitrogens with two attached hydrogens (primary N) is 1. The highest BCUT2D eigenvalue weighted by Crippen LogP contribution is 2.15. The minimum absolute atomic E-state index is 0.200. The number of hydrogen-bond acceptors (Lipinski definition) is 3. The lowest BCUT2D eigenvalue weighted by molar-refractivity contribution is 0.0954. The van der Waals surface area contributed by atoms with Gasteiger partial charge in [-0.1, -0.05) is 32.8 Å². The quantitative estimate of drug-likeness (QED) is 0.469. The molecule has 1 rings (SSSR count). The Kier molecular flexibility index (Phi) is 6.06. The maximum absolute atomic E-state index is 12.1. The predicted molar refractivity (Wildman–Crippen MR) is 80.3 cm³/mol. The topological polar surface area (TPSA) is 67.5 Å². The number of hydrogen-bond donors (Lipinski definition) is 2. The number of anilines is 1. The monoisotopic (exact) mass is 261 g/mol. The van der Waals surface area contributed by atoms with Crippen molar-refractivity contribution in [3.05, 3.63) is 29.3 Å². The van der Waals surface area contributed by atoms with Crippen molar-refractivity contribution in [2.45, 2.75) is 46.5 Å². The Bertz CT molecular complexity index is 458. The van der Waals surface area contributed by atoms with E-state index in [0.717, 1.165) is 37.0 Å². The Hall–Kier alpha value is -1.84. The molecule has 1 aromatic carbocycles. The molecule has 0 bridgehead atoms. The largest absolute Gasteiger partial charge is 0.398 e. The summed E-state index contributed by atoms with van der Waals surface area (Å²) in [4.78, 5) is 12.1. The number of nitrogens with one attached hydrogen (secondary N) is 1. The zero-order valence-corrected chi connectivity index (χ0v) is 12.0. The summed E-state index contributed by atoms with van der Waals surface area (Å²) < 4.78 is 0. The molecule has 0 heterocycles. The smallest absolute Gasteiger partial charge is 0.271 e. The maximum atomic E-state index is 12.1. The first-order chi connectivity index (χ1) is 9.10. The molecule has 1 aromatic rings. The highest BCUT2D eigenvalue weighted by Gasteiger charge is 2.09. The molecule has 4 heteroatoms. The zero-order valence-electron chi connectivity index (χ0n) is 12.0. The van der Waals surface area contributed by atoms with E-state index in [9.17, 15) is 4.79 Å². The van der Waals surface area contributed by atoms with Crippen LogP contribution in [0, 0.1) is 6.92 Å². The van der Waals surface area contributed by atoms with Crippen LogP contribution < -0.4 is 11.2 Å². The molecule has 0 atom stereocenters. The molecular weight excluding hydrogens is 238 g/mol. The molecule has 4 nitrogen and oxygen atoms in total. The molecule has 1 amide bonds. The van der Waals surface area contributed by atoms with Crippen molar-refractivity contribution in [2.75, 3.05) is 5.73 Å². The number of nitrogens with zero attached hydrogens (tertiary/aromatic N) is 1. The molecule has 0 unspecified atom stereocenters. The molecular formula is C15H23N3O. The van der Waals surface area contributed by atoms with Crippen molar-refractivity contribution in [3.8, 4) is 0 Å². The number of amides is 1. The number of rotatable bonds is 6. The van der Waals surface area contributed by atoms with Gasteiger partial charge in [0.15, 0.2) is 0 Å². The fourth-order valence-corrected chi connectivity index (χ4v) is 1.90. The van der Waals surface area contributed by atoms with Crippen molar-refractivity contribution in [1.82, 2.24) is 5.43 Å². The van der Waals surface area contributed by atoms with Gasteiger partial charge in [-0.3, -0.25) is 4.79 Å². The Morgan fingerprint density at radius 1 is 1.26 bits per heavy atom. The summed E-state index contributed by atoms with van der Waals surface area (Å²) in [6.45, 7) is 6.05. The fraction of sp³-hybridized carbons (Fsp3) is 0.467. The van der Waals surface area contributed by atoms with Crippen molar-refractivity contribution >= 4 is 17.3 Å². The standard InChI is InChI=1S/C15H23N3O/c1-4-7-12(8-5-2)17-18-15(19)13-9-6-10-14(16)11(13)3/h6,9-10H,4-5,7-8,16H2,1-3H3,(H,18,19). The Balaban J connectivity index is 2.78. The van der Waals surface area contributed by atoms with Gasteiger partial charge >= 0.3 is 0 Å². The van der Waals surface area contributed by atoms with E-state index >= 15 is 0 Å². The molecule has 0 aromatic heterocycles. The highest BCUT2D eigenvalue weighted by molar-refractivity contribution is 5.97. The number of hydrazone groups is 1. The van der Waals surface area contributed by atoms with Crippen molar-refractivity contribution < 1.29 is 4.79 Å². The van der Waals surface area contributed by atoms with Gasteiger partial charge in [-0.15, -0.1) is 0 Å². The van der Waals surface area contributed by atoms with Gasteiger partial charge in [0.1, 0.15) is 0 Å². The second kappa shape index (κ2) is 7.56. The highest BCUT2D eigenvalue weighted by atomic mass is 16.2. The molecule has 0 saturated carbocycles. The first-order valence-corrected chi connectivity index (χ1v) is 6.81. The Morgan fingerprint density at radius 2 is 1.89 bits per heavy atom. The number of nitrogen functional groups attached to an aromatic ring is 1. The normalized spacial score (nSPS) is 10.1. The predicted octanol–water partition coefficient (Wildman–Crippen LogP) is 3.26. The van der Waals surface area contributed by atoms with E-state index in [4.69, 9.17) is 5.73 Å². The van der Waals surface area contributed by atoms with Crippen LogP contribution in [0.4, 0.5) is 5.69 Å². The van der Waals surface area contributed by atoms with E-state index in [-0.39, 0.29) is 5.91 Å². The molecule has 0 aliphatic carbocycles. The SMILES string of the molecule is CCCC(CCC)=NNC(=O)c1cccc(N)c1C. The van der Waals surface area contributed by atoms with Gasteiger partial charge < -0.3 is 5.73 Å². The van der Waals surface area contributed by atoms with Crippen LogP contribution in [-0.4, -0.2) is 11.6 Å². The van der Waals surface area contributed by atoms with Crippen LogP contribution in [0.1, 0.15) is 55.5 Å². The van der Waals surface area contributed by atoms with E-state index < -0.39 is 0 Å². The van der Waals surface area contributed by atoms with Crippen LogP contribution in [0.15, 0.2) is 23.3 Å². The van der Waals surface area contributed by atoms with E-state index in [1.54, 1.807) is 18.2 Å². The lowest BCUT2D eigenvalue weighted by Crippen LogP contribution is -2.21. The van der Waals surface area contributed by atoms with Gasteiger partial charge in [-0.05, 0) is 37.5 Å². The lowest BCUT2D eigenvalue weighted by Gasteiger charge is -2.08. The third-order valence-electron chi connectivity index (χ3n) is 3.01. The first kappa shape index (κ1) is 15.2. The third kappa shape index (κ3) is 4.39. The minimum atomic E-state index is -0.200. The summed E-state index contributed by atoms with van der Waals surface area (Å²) in [6, 6.07) is 5.32. The van der Waals surface area contributed by atoms with Gasteiger partial charge in [0, 0.05) is 17.0 Å². The summed E-state index contributed by atoms with van der Waals surface area (Å²) in [5.41, 5.74) is 11.5. The molecule has 19 heavy (non-hydrogen) atoms. The van der Waals surface area contributed by atoms with Crippen LogP contribution in [0.5, 0.6) is 0 Å². The Labute approximate surface area is 115 Å². The molecule has 104 valence electrons. The van der Waals surface area contributed by atoms with E-state index in [1.807, 2.05) is 6.92 Å². The Morgan fingerprint density at radius 3 is 2.47 bits per heavy atom. The summed E-state index contributed by atoms with van der Waals surface area (Å²) in [6.07, 6.45) is 3.91. The van der Waals surface area contributed by atoms with E-state index in [0.29, 0.717) is 11.3 Å². The molecule has 0 aliphatic rings. The van der Waals surface area contributed by atoms with Gasteiger partial charge in [0.2, 0.25) is 0 Å². The fourth-order valence-electron chi connectivity index (χ4n) is 1.90. The summed E-state index contributed by atoms with van der Waals surface area (Å²) in [5, 5.41) is 4.23. The second-order valence-corrected chi connectivity index (χ2v) is 4.64. The summed E-state index contributed by atoms with van der Waals surface area (Å²) >= 11 is 0. The molecule has 0 fully saturated rings. The number of carbonyl (C=O) groups is 1. The molecule has 0 saturated heterocycles. The molecule has 0 aliphatic heterocycles. The summed E-state index contributed by atoms with van der Waals surface area (Å²) in [7, 11) is 0. The average Bonchev–Trinajstić information content (AvgIpc) is 2.39. The van der Waals surface area contributed by atoms with Crippen LogP contribution >= 0.6 is 0 Å². The molecule has 0 spiro atoms. The average molecular weight is 261 g/mol. The van der Waals surface area contributed by atoms with Crippen LogP contribution in [-0.2, 0) is 0 Å². The van der Waals surface area contributed by atoms with Crippen molar-refractivity contribution in [3.63, 3.8) is 0 Å². The van der Waals surface area contributed by atoms with E-state index in [2.05, 4.69) is 24.4 Å². The number of benzene rings is 1. The van der Waals surface area contributed by atoms with Gasteiger partial charge in [-0.25, -0.2) is 5.43 Å². The van der Waals surface area contributed by atoms with Crippen molar-refractivity contribution in [1.29, 1.82) is 0 Å². The van der Waals surface area contributed by atoms with Crippen LogP contribution in [0.2, 0.25) is 0 Å². The first-order valence-electron chi connectivity index (χ1n) is 6.81. The van der Waals surface area contributed by atoms with Crippen LogP contribution in [0.25, 0.3) is 0 Å². The zero-order chi connectivity index (χ0) is 14.3. The maximum Gasteiger partial charge on any atom is 0.271 e. The van der Waals surface area contributed by atoms with E-state index in [1.165, 1.54) is 0 Å². The van der Waals surface area contributed by atoms with Gasteiger partial charge in [0.25, 0.3) is 5.91 Å². The van der Waals surface area contributed by atoms with Crippen molar-refractivity contribution in [2.24, 2.45) is 5.10 Å². The van der Waals surface area contributed by atoms with Gasteiger partial charge in [0.05, 0.1) is 0 Å². The van der Waals surface area contributed by atoms with Gasteiger partial charge in [-0.2, -0.15) is 5.10 Å². The molecule has 3 N–H and O–H groups in total. The minimum Gasteiger partial charge on any atom is -0.398 e. The third-order valence-corrected chi connectivity index (χ3v) is 3.01. The summed E-state index contributed by atoms with van der Waals surface area (Å²) in [5.74, 6) is -0.200. The molecule has 0 radical (unpaired) electrons. The second-order valence-electron chi connectivity index (χ2n) is 4.64. The lowest BCUT2D eigenvalue weighted by atomic mass is 10.1. The van der Waals surface area contributed by atoms with Crippen LogP contribution in [0.3, 0.4) is 0 Å².